The quantitative estimate of drug-likeness (QED) is 0.816. The van der Waals surface area contributed by atoms with Crippen LogP contribution in [0.4, 0.5) is 0 Å². The van der Waals surface area contributed by atoms with Gasteiger partial charge in [0.1, 0.15) is 0 Å². The second-order valence-corrected chi connectivity index (χ2v) is 6.34. The lowest BCUT2D eigenvalue weighted by molar-refractivity contribution is 0.222. The van der Waals surface area contributed by atoms with Crippen molar-refractivity contribution in [2.75, 3.05) is 7.05 Å². The van der Waals surface area contributed by atoms with Crippen molar-refractivity contribution < 1.29 is 4.42 Å². The minimum Gasteiger partial charge on any atom is -0.424 e. The lowest BCUT2D eigenvalue weighted by Gasteiger charge is -2.23. The van der Waals surface area contributed by atoms with Crippen molar-refractivity contribution in [2.24, 2.45) is 0 Å². The smallest absolute Gasteiger partial charge is 0.230 e. The molecule has 4 nitrogen and oxygen atoms in total. The zero-order chi connectivity index (χ0) is 14.8. The molecule has 0 N–H and O–H groups in total. The molecule has 1 fully saturated rings. The van der Waals surface area contributed by atoms with Crippen molar-refractivity contribution in [3.05, 3.63) is 46.6 Å². The van der Waals surface area contributed by atoms with Crippen LogP contribution in [0.2, 0.25) is 5.02 Å². The van der Waals surface area contributed by atoms with E-state index in [0.717, 1.165) is 17.3 Å². The minimum absolute atomic E-state index is 0.391. The fourth-order valence-electron chi connectivity index (χ4n) is 2.31. The van der Waals surface area contributed by atoms with Gasteiger partial charge in [0.25, 0.3) is 0 Å². The average Bonchev–Trinajstić information content (AvgIpc) is 3.22. The molecule has 1 atom stereocenters. The first-order chi connectivity index (χ1) is 10.1. The van der Waals surface area contributed by atoms with Gasteiger partial charge in [-0.1, -0.05) is 23.7 Å². The van der Waals surface area contributed by atoms with Crippen molar-refractivity contribution >= 4 is 11.6 Å². The molecule has 2 aromatic rings. The molecular weight excluding hydrogens is 286 g/mol. The normalized spacial score (nSPS) is 16.4. The van der Waals surface area contributed by atoms with E-state index in [-0.39, 0.29) is 0 Å². The van der Waals surface area contributed by atoms with E-state index in [1.165, 1.54) is 18.4 Å². The molecule has 0 radical (unpaired) electrons. The first-order valence-corrected chi connectivity index (χ1v) is 7.76. The molecule has 112 valence electrons. The lowest BCUT2D eigenvalue weighted by atomic mass is 10.1. The monoisotopic (exact) mass is 305 g/mol. The van der Waals surface area contributed by atoms with Crippen LogP contribution in [0.25, 0.3) is 0 Å². The fourth-order valence-corrected chi connectivity index (χ4v) is 2.44. The second-order valence-electron chi connectivity index (χ2n) is 5.90. The van der Waals surface area contributed by atoms with Gasteiger partial charge in [-0.05, 0) is 50.9 Å². The number of nitrogens with zero attached hydrogens (tertiary/aromatic N) is 3. The van der Waals surface area contributed by atoms with Crippen LogP contribution in [-0.4, -0.2) is 28.2 Å². The van der Waals surface area contributed by atoms with Gasteiger partial charge in [-0.25, -0.2) is 0 Å². The van der Waals surface area contributed by atoms with Gasteiger partial charge in [0, 0.05) is 17.0 Å². The molecule has 0 aliphatic heterocycles. The summed E-state index contributed by atoms with van der Waals surface area (Å²) in [5.41, 5.74) is 1.28. The number of rotatable bonds is 6. The Morgan fingerprint density at radius 2 is 2.00 bits per heavy atom. The molecule has 1 aromatic carbocycles. The molecule has 5 heteroatoms. The number of aromatic nitrogens is 2. The number of halogens is 1. The Bertz CT molecular complexity index is 592. The standard InChI is InChI=1S/C16H20ClN3O/c1-11(9-12-3-7-14(17)8-4-12)20(2)10-15-18-19-16(21-15)13-5-6-13/h3-4,7-8,11,13H,5-6,9-10H2,1-2H3/t11-/m0/s1. The highest BCUT2D eigenvalue weighted by Crippen LogP contribution is 2.39. The van der Waals surface area contributed by atoms with Gasteiger partial charge in [-0.2, -0.15) is 0 Å². The van der Waals surface area contributed by atoms with Gasteiger partial charge in [0.15, 0.2) is 0 Å². The van der Waals surface area contributed by atoms with Crippen LogP contribution < -0.4 is 0 Å². The Morgan fingerprint density at radius 3 is 2.67 bits per heavy atom. The Labute approximate surface area is 130 Å². The zero-order valence-corrected chi connectivity index (χ0v) is 13.2. The highest BCUT2D eigenvalue weighted by Gasteiger charge is 2.29. The Morgan fingerprint density at radius 1 is 1.29 bits per heavy atom. The van der Waals surface area contributed by atoms with E-state index in [1.807, 2.05) is 12.1 Å². The molecule has 1 heterocycles. The summed E-state index contributed by atoms with van der Waals surface area (Å²) in [6, 6.07) is 8.41. The van der Waals surface area contributed by atoms with Gasteiger partial charge in [0.2, 0.25) is 11.8 Å². The van der Waals surface area contributed by atoms with E-state index in [0.29, 0.717) is 24.4 Å². The average molecular weight is 306 g/mol. The molecule has 0 bridgehead atoms. The van der Waals surface area contributed by atoms with Crippen molar-refractivity contribution in [2.45, 2.75) is 44.7 Å². The van der Waals surface area contributed by atoms with E-state index < -0.39 is 0 Å². The van der Waals surface area contributed by atoms with Crippen molar-refractivity contribution in [1.82, 2.24) is 15.1 Å². The summed E-state index contributed by atoms with van der Waals surface area (Å²) in [7, 11) is 2.08. The van der Waals surface area contributed by atoms with Crippen LogP contribution in [0.1, 0.15) is 43.0 Å². The fraction of sp³-hybridized carbons (Fsp3) is 0.500. The van der Waals surface area contributed by atoms with Crippen LogP contribution in [0.15, 0.2) is 28.7 Å². The van der Waals surface area contributed by atoms with Gasteiger partial charge in [-0.15, -0.1) is 10.2 Å². The lowest BCUT2D eigenvalue weighted by Crippen LogP contribution is -2.30. The van der Waals surface area contributed by atoms with Crippen molar-refractivity contribution in [3.8, 4) is 0 Å². The van der Waals surface area contributed by atoms with E-state index >= 15 is 0 Å². The Kier molecular flexibility index (Phi) is 4.27. The summed E-state index contributed by atoms with van der Waals surface area (Å²) >= 11 is 5.91. The summed E-state index contributed by atoms with van der Waals surface area (Å²) < 4.78 is 5.71. The number of hydrogen-bond donors (Lipinski definition) is 0. The maximum Gasteiger partial charge on any atom is 0.230 e. The van der Waals surface area contributed by atoms with Crippen LogP contribution in [0, 0.1) is 0 Å². The largest absolute Gasteiger partial charge is 0.424 e. The van der Waals surface area contributed by atoms with E-state index in [2.05, 4.69) is 41.2 Å². The van der Waals surface area contributed by atoms with Gasteiger partial charge in [0.05, 0.1) is 6.54 Å². The number of hydrogen-bond acceptors (Lipinski definition) is 4. The summed E-state index contributed by atoms with van der Waals surface area (Å²) in [4.78, 5) is 2.23. The molecule has 1 saturated carbocycles. The van der Waals surface area contributed by atoms with E-state index in [1.54, 1.807) is 0 Å². The number of benzene rings is 1. The molecule has 0 saturated heterocycles. The van der Waals surface area contributed by atoms with Gasteiger partial charge < -0.3 is 4.42 Å². The van der Waals surface area contributed by atoms with Crippen LogP contribution in [0.3, 0.4) is 0 Å². The first kappa shape index (κ1) is 14.5. The van der Waals surface area contributed by atoms with Gasteiger partial charge >= 0.3 is 0 Å². The third kappa shape index (κ3) is 3.83. The third-order valence-electron chi connectivity index (χ3n) is 3.99. The van der Waals surface area contributed by atoms with Crippen molar-refractivity contribution in [3.63, 3.8) is 0 Å². The molecule has 1 aliphatic carbocycles. The minimum atomic E-state index is 0.391. The van der Waals surface area contributed by atoms with Crippen molar-refractivity contribution in [1.29, 1.82) is 0 Å². The highest BCUT2D eigenvalue weighted by molar-refractivity contribution is 6.30. The predicted octanol–water partition coefficient (Wildman–Crippen LogP) is 3.66. The van der Waals surface area contributed by atoms with Crippen LogP contribution >= 0.6 is 11.6 Å². The van der Waals surface area contributed by atoms with Gasteiger partial charge in [-0.3, -0.25) is 4.90 Å². The molecule has 1 aliphatic rings. The summed E-state index contributed by atoms with van der Waals surface area (Å²) in [6.07, 6.45) is 3.34. The second kappa shape index (κ2) is 6.16. The molecule has 1 aromatic heterocycles. The van der Waals surface area contributed by atoms with Crippen LogP contribution in [0.5, 0.6) is 0 Å². The van der Waals surface area contributed by atoms with E-state index in [9.17, 15) is 0 Å². The first-order valence-electron chi connectivity index (χ1n) is 7.39. The summed E-state index contributed by atoms with van der Waals surface area (Å²) in [5, 5.41) is 9.05. The Hall–Kier alpha value is -1.39. The van der Waals surface area contributed by atoms with Crippen LogP contribution in [-0.2, 0) is 13.0 Å². The third-order valence-corrected chi connectivity index (χ3v) is 4.24. The molecular formula is C16H20ClN3O. The Balaban J connectivity index is 1.55. The zero-order valence-electron chi connectivity index (χ0n) is 12.4. The maximum absolute atomic E-state index is 5.91. The SMILES string of the molecule is C[C@@H](Cc1ccc(Cl)cc1)N(C)Cc1nnc(C2CC2)o1. The summed E-state index contributed by atoms with van der Waals surface area (Å²) in [5.74, 6) is 2.04. The predicted molar refractivity (Wildman–Crippen MR) is 82.4 cm³/mol. The molecule has 0 amide bonds. The molecule has 0 spiro atoms. The molecule has 3 rings (SSSR count). The highest BCUT2D eigenvalue weighted by atomic mass is 35.5. The maximum atomic E-state index is 5.91. The topological polar surface area (TPSA) is 42.2 Å². The summed E-state index contributed by atoms with van der Waals surface area (Å²) in [6.45, 7) is 2.89. The molecule has 21 heavy (non-hydrogen) atoms. The number of likely N-dealkylation sites (N-methyl/N-ethyl adjacent to an activating group) is 1. The van der Waals surface area contributed by atoms with E-state index in [4.69, 9.17) is 16.0 Å². The molecule has 0 unspecified atom stereocenters.